The zero-order valence-electron chi connectivity index (χ0n) is 12.6. The molecule has 112 valence electrons. The number of aromatic nitrogens is 1. The molecular weight excluding hydrogens is 254 g/mol. The minimum atomic E-state index is -0.739. The predicted molar refractivity (Wildman–Crippen MR) is 79.5 cm³/mol. The van der Waals surface area contributed by atoms with Crippen molar-refractivity contribution in [2.45, 2.75) is 19.9 Å². The summed E-state index contributed by atoms with van der Waals surface area (Å²) < 4.78 is 0. The van der Waals surface area contributed by atoms with Gasteiger partial charge in [0.15, 0.2) is 0 Å². The fraction of sp³-hybridized carbons (Fsp3) is 0.600. The molecule has 0 aromatic carbocycles. The maximum atomic E-state index is 11.0. The second-order valence-corrected chi connectivity index (χ2v) is 5.49. The van der Waals surface area contributed by atoms with Crippen molar-refractivity contribution in [1.29, 1.82) is 0 Å². The molecule has 1 rings (SSSR count). The Bertz CT molecular complexity index is 395. The van der Waals surface area contributed by atoms with Crippen molar-refractivity contribution in [3.8, 4) is 0 Å². The zero-order chi connectivity index (χ0) is 15.0. The van der Waals surface area contributed by atoms with Crippen molar-refractivity contribution in [2.24, 2.45) is 5.92 Å². The number of carboxylic acid groups (broad SMARTS) is 1. The molecule has 1 N–H and O–H groups in total. The maximum absolute atomic E-state index is 11.0. The molecule has 0 amide bonds. The van der Waals surface area contributed by atoms with Gasteiger partial charge < -0.3 is 10.0 Å². The summed E-state index contributed by atoms with van der Waals surface area (Å²) in [6, 6.07) is 3.95. The summed E-state index contributed by atoms with van der Waals surface area (Å²) in [6.07, 6.45) is 4.58. The number of hydrogen-bond donors (Lipinski definition) is 1. The Labute approximate surface area is 121 Å². The van der Waals surface area contributed by atoms with Crippen molar-refractivity contribution in [3.63, 3.8) is 0 Å². The smallest absolute Gasteiger partial charge is 0.307 e. The SMILES string of the molecule is CC(CN(CCCN(C)C)Cc1ccncc1)C(=O)O. The molecule has 1 heterocycles. The van der Waals surface area contributed by atoms with Crippen LogP contribution in [0, 0.1) is 5.92 Å². The molecule has 0 aliphatic rings. The molecule has 0 saturated carbocycles. The fourth-order valence-electron chi connectivity index (χ4n) is 2.06. The summed E-state index contributed by atoms with van der Waals surface area (Å²) in [6.45, 7) is 5.01. The Morgan fingerprint density at radius 2 is 1.95 bits per heavy atom. The molecule has 5 nitrogen and oxygen atoms in total. The van der Waals surface area contributed by atoms with Gasteiger partial charge in [-0.2, -0.15) is 0 Å². The van der Waals surface area contributed by atoms with Crippen LogP contribution < -0.4 is 0 Å². The lowest BCUT2D eigenvalue weighted by Gasteiger charge is -2.25. The summed E-state index contributed by atoms with van der Waals surface area (Å²) in [4.78, 5) is 19.4. The third-order valence-electron chi connectivity index (χ3n) is 3.19. The lowest BCUT2D eigenvalue weighted by atomic mass is 10.1. The summed E-state index contributed by atoms with van der Waals surface area (Å²) in [5.74, 6) is -1.09. The summed E-state index contributed by atoms with van der Waals surface area (Å²) >= 11 is 0. The van der Waals surface area contributed by atoms with Crippen molar-refractivity contribution in [2.75, 3.05) is 33.7 Å². The van der Waals surface area contributed by atoms with Gasteiger partial charge in [-0.25, -0.2) is 0 Å². The quantitative estimate of drug-likeness (QED) is 0.743. The predicted octanol–water partition coefficient (Wildman–Crippen LogP) is 1.56. The molecule has 0 bridgehead atoms. The number of carbonyl (C=O) groups is 1. The molecule has 1 atom stereocenters. The molecule has 1 aromatic rings. The molecule has 0 fully saturated rings. The number of hydrogen-bond acceptors (Lipinski definition) is 4. The van der Waals surface area contributed by atoms with Gasteiger partial charge in [-0.1, -0.05) is 6.92 Å². The fourth-order valence-corrected chi connectivity index (χ4v) is 2.06. The highest BCUT2D eigenvalue weighted by Gasteiger charge is 2.16. The van der Waals surface area contributed by atoms with E-state index in [1.165, 1.54) is 5.56 Å². The van der Waals surface area contributed by atoms with Gasteiger partial charge in [-0.15, -0.1) is 0 Å². The van der Waals surface area contributed by atoms with Gasteiger partial charge in [0.05, 0.1) is 5.92 Å². The molecule has 0 aliphatic carbocycles. The standard InChI is InChI=1S/C15H25N3O2/c1-13(15(19)20)11-18(10-4-9-17(2)3)12-14-5-7-16-8-6-14/h5-8,13H,4,9-12H2,1-3H3,(H,19,20). The largest absolute Gasteiger partial charge is 0.481 e. The van der Waals surface area contributed by atoms with Gasteiger partial charge in [-0.05, 0) is 51.3 Å². The summed E-state index contributed by atoms with van der Waals surface area (Å²) in [5.41, 5.74) is 1.17. The Morgan fingerprint density at radius 1 is 1.30 bits per heavy atom. The number of nitrogens with zero attached hydrogens (tertiary/aromatic N) is 3. The van der Waals surface area contributed by atoms with Crippen LogP contribution in [0.5, 0.6) is 0 Å². The third-order valence-corrected chi connectivity index (χ3v) is 3.19. The monoisotopic (exact) mass is 279 g/mol. The Hall–Kier alpha value is -1.46. The van der Waals surface area contributed by atoms with E-state index in [1.807, 2.05) is 26.2 Å². The highest BCUT2D eigenvalue weighted by atomic mass is 16.4. The van der Waals surface area contributed by atoms with Crippen molar-refractivity contribution in [3.05, 3.63) is 30.1 Å². The lowest BCUT2D eigenvalue weighted by molar-refractivity contribution is -0.141. The number of rotatable bonds is 9. The van der Waals surface area contributed by atoms with Gasteiger partial charge in [0, 0.05) is 25.5 Å². The minimum Gasteiger partial charge on any atom is -0.481 e. The highest BCUT2D eigenvalue weighted by molar-refractivity contribution is 5.69. The molecule has 1 unspecified atom stereocenters. The van der Waals surface area contributed by atoms with Crippen LogP contribution in [0.1, 0.15) is 18.9 Å². The number of pyridine rings is 1. The van der Waals surface area contributed by atoms with Crippen LogP contribution in [0.4, 0.5) is 0 Å². The topological polar surface area (TPSA) is 56.7 Å². The third kappa shape index (κ3) is 6.63. The molecule has 0 aliphatic heterocycles. The van der Waals surface area contributed by atoms with E-state index >= 15 is 0 Å². The van der Waals surface area contributed by atoms with E-state index in [4.69, 9.17) is 5.11 Å². The van der Waals surface area contributed by atoms with Gasteiger partial charge in [-0.3, -0.25) is 14.7 Å². The molecule has 20 heavy (non-hydrogen) atoms. The van der Waals surface area contributed by atoms with E-state index in [0.717, 1.165) is 26.1 Å². The first kappa shape index (κ1) is 16.6. The first-order chi connectivity index (χ1) is 9.49. The summed E-state index contributed by atoms with van der Waals surface area (Å²) in [7, 11) is 4.10. The lowest BCUT2D eigenvalue weighted by Crippen LogP contribution is -2.33. The molecule has 0 spiro atoms. The van der Waals surface area contributed by atoms with Crippen LogP contribution in [0.2, 0.25) is 0 Å². The Morgan fingerprint density at radius 3 is 2.50 bits per heavy atom. The molecule has 0 radical (unpaired) electrons. The maximum Gasteiger partial charge on any atom is 0.307 e. The highest BCUT2D eigenvalue weighted by Crippen LogP contribution is 2.08. The second kappa shape index (κ2) is 8.66. The minimum absolute atomic E-state index is 0.351. The van der Waals surface area contributed by atoms with Crippen molar-refractivity contribution >= 4 is 5.97 Å². The van der Waals surface area contributed by atoms with E-state index in [1.54, 1.807) is 19.3 Å². The van der Waals surface area contributed by atoms with E-state index < -0.39 is 5.97 Å². The average Bonchev–Trinajstić information content (AvgIpc) is 2.39. The van der Waals surface area contributed by atoms with E-state index in [-0.39, 0.29) is 5.92 Å². The summed E-state index contributed by atoms with van der Waals surface area (Å²) in [5, 5.41) is 9.07. The van der Waals surface area contributed by atoms with Crippen molar-refractivity contribution in [1.82, 2.24) is 14.8 Å². The van der Waals surface area contributed by atoms with E-state index in [9.17, 15) is 4.79 Å². The molecule has 0 saturated heterocycles. The van der Waals surface area contributed by atoms with Crippen LogP contribution in [0.15, 0.2) is 24.5 Å². The van der Waals surface area contributed by atoms with Crippen LogP contribution in [0.3, 0.4) is 0 Å². The van der Waals surface area contributed by atoms with Crippen LogP contribution in [-0.4, -0.2) is 59.6 Å². The van der Waals surface area contributed by atoms with E-state index in [2.05, 4.69) is 14.8 Å². The number of carboxylic acids is 1. The van der Waals surface area contributed by atoms with Gasteiger partial charge in [0.2, 0.25) is 0 Å². The zero-order valence-corrected chi connectivity index (χ0v) is 12.6. The van der Waals surface area contributed by atoms with Crippen LogP contribution in [-0.2, 0) is 11.3 Å². The van der Waals surface area contributed by atoms with E-state index in [0.29, 0.717) is 6.54 Å². The normalized spacial score (nSPS) is 12.8. The van der Waals surface area contributed by atoms with Crippen LogP contribution in [0.25, 0.3) is 0 Å². The average molecular weight is 279 g/mol. The van der Waals surface area contributed by atoms with Gasteiger partial charge >= 0.3 is 5.97 Å². The molecule has 5 heteroatoms. The first-order valence-corrected chi connectivity index (χ1v) is 6.98. The molecular formula is C15H25N3O2. The van der Waals surface area contributed by atoms with Gasteiger partial charge in [0.25, 0.3) is 0 Å². The van der Waals surface area contributed by atoms with Crippen molar-refractivity contribution < 1.29 is 9.90 Å². The first-order valence-electron chi connectivity index (χ1n) is 6.98. The number of aliphatic carboxylic acids is 1. The Balaban J connectivity index is 2.56. The molecule has 1 aromatic heterocycles. The Kier molecular flexibility index (Phi) is 7.18. The van der Waals surface area contributed by atoms with Crippen LogP contribution >= 0.6 is 0 Å². The van der Waals surface area contributed by atoms with Gasteiger partial charge in [0.1, 0.15) is 0 Å². The second-order valence-electron chi connectivity index (χ2n) is 5.49.